The zero-order chi connectivity index (χ0) is 27.3. The van der Waals surface area contributed by atoms with Gasteiger partial charge >= 0.3 is 6.55 Å². The van der Waals surface area contributed by atoms with Gasteiger partial charge in [0, 0.05) is 42.5 Å². The Morgan fingerprint density at radius 3 is 2.67 bits per heavy atom. The first kappa shape index (κ1) is 24.5. The number of aromatic nitrogens is 8. The zero-order valence-corrected chi connectivity index (χ0v) is 20.6. The van der Waals surface area contributed by atoms with Gasteiger partial charge in [-0.3, -0.25) is 4.79 Å². The number of nitrogens with zero attached hydrogens (tertiary/aromatic N) is 8. The van der Waals surface area contributed by atoms with E-state index in [1.807, 2.05) is 0 Å². The Morgan fingerprint density at radius 1 is 1.15 bits per heavy atom. The van der Waals surface area contributed by atoms with E-state index < -0.39 is 29.7 Å². The molecule has 0 aliphatic heterocycles. The van der Waals surface area contributed by atoms with Crippen LogP contribution in [0.5, 0.6) is 5.75 Å². The maximum absolute atomic E-state index is 14.1. The van der Waals surface area contributed by atoms with Crippen molar-refractivity contribution in [1.29, 1.82) is 0 Å². The Labute approximate surface area is 218 Å². The molecule has 1 N–H and O–H groups in total. The molecule has 0 fully saturated rings. The third kappa shape index (κ3) is 4.04. The second-order valence-electron chi connectivity index (χ2n) is 9.18. The largest absolute Gasteiger partial charge is 0.494 e. The van der Waals surface area contributed by atoms with Crippen LogP contribution in [0.25, 0.3) is 17.2 Å². The van der Waals surface area contributed by atoms with E-state index in [0.717, 1.165) is 12.3 Å². The maximum Gasteiger partial charge on any atom is 0.333 e. The standard InChI is InChI=1S/C25H20F3N9O2/c1-25(17-4-7-36(34-17)24(27)28)10-14(15-12-31-19-9-18(26)35-37(19)21(15)25)23(38)33-13-8-16(39-2)20(32-11-13)22-29-5-3-6-30-22/h3-9,11-12,14,24H,10H2,1-2H3,(H,33,38)/t14-,25+/m1/s1. The van der Waals surface area contributed by atoms with Gasteiger partial charge in [0.1, 0.15) is 11.4 Å². The van der Waals surface area contributed by atoms with Crippen molar-refractivity contribution in [3.05, 3.63) is 78.1 Å². The molecule has 14 heteroatoms. The number of carbonyl (C=O) groups is 1. The van der Waals surface area contributed by atoms with Gasteiger partial charge < -0.3 is 10.1 Å². The lowest BCUT2D eigenvalue weighted by Gasteiger charge is -2.23. The lowest BCUT2D eigenvalue weighted by Crippen LogP contribution is -2.26. The molecule has 1 aliphatic rings. The Morgan fingerprint density at radius 2 is 1.95 bits per heavy atom. The molecular formula is C25H20F3N9O2. The molecule has 5 aromatic rings. The molecule has 0 bridgehead atoms. The van der Waals surface area contributed by atoms with Gasteiger partial charge in [-0.25, -0.2) is 29.1 Å². The Balaban J connectivity index is 1.38. The van der Waals surface area contributed by atoms with Gasteiger partial charge in [0.2, 0.25) is 11.9 Å². The first-order valence-corrected chi connectivity index (χ1v) is 11.8. The van der Waals surface area contributed by atoms with Gasteiger partial charge in [0.15, 0.2) is 11.5 Å². The number of hydrogen-bond donors (Lipinski definition) is 1. The first-order chi connectivity index (χ1) is 18.8. The van der Waals surface area contributed by atoms with Gasteiger partial charge in [-0.15, -0.1) is 5.10 Å². The molecule has 0 spiro atoms. The third-order valence-corrected chi connectivity index (χ3v) is 6.80. The van der Waals surface area contributed by atoms with Crippen LogP contribution in [0.1, 0.15) is 42.8 Å². The SMILES string of the molecule is COc1cc(NC(=O)[C@@H]2C[C@@](C)(c3ccn(C(F)F)n3)c3c2cnc2cc(F)nn32)cnc1-c1ncccn1. The van der Waals surface area contributed by atoms with E-state index in [1.165, 1.54) is 30.1 Å². The van der Waals surface area contributed by atoms with Crippen LogP contribution in [0.15, 0.2) is 55.2 Å². The second kappa shape index (κ2) is 9.15. The molecule has 5 heterocycles. The fourth-order valence-electron chi connectivity index (χ4n) is 5.03. The van der Waals surface area contributed by atoms with E-state index in [4.69, 9.17) is 4.74 Å². The molecule has 11 nitrogen and oxygen atoms in total. The van der Waals surface area contributed by atoms with Crippen LogP contribution in [-0.4, -0.2) is 52.3 Å². The molecule has 0 saturated carbocycles. The molecule has 198 valence electrons. The molecule has 1 aliphatic carbocycles. The minimum absolute atomic E-state index is 0.150. The number of ether oxygens (including phenoxy) is 1. The van der Waals surface area contributed by atoms with Crippen molar-refractivity contribution in [3.63, 3.8) is 0 Å². The molecule has 6 rings (SSSR count). The number of hydrogen-bond acceptors (Lipinski definition) is 8. The molecular weight excluding hydrogens is 515 g/mol. The molecule has 39 heavy (non-hydrogen) atoms. The van der Waals surface area contributed by atoms with Crippen LogP contribution >= 0.6 is 0 Å². The summed E-state index contributed by atoms with van der Waals surface area (Å²) in [5.41, 5.74) is 1.14. The fraction of sp³-hybridized carbons (Fsp3) is 0.240. The van der Waals surface area contributed by atoms with E-state index >= 15 is 0 Å². The number of halogens is 3. The van der Waals surface area contributed by atoms with Gasteiger partial charge in [-0.2, -0.15) is 18.3 Å². The summed E-state index contributed by atoms with van der Waals surface area (Å²) in [6.07, 6.45) is 7.41. The molecule has 5 aromatic heterocycles. The predicted molar refractivity (Wildman–Crippen MR) is 131 cm³/mol. The predicted octanol–water partition coefficient (Wildman–Crippen LogP) is 3.75. The van der Waals surface area contributed by atoms with Crippen LogP contribution in [-0.2, 0) is 10.2 Å². The summed E-state index contributed by atoms with van der Waals surface area (Å²) in [5, 5.41) is 10.8. The average molecular weight is 535 g/mol. The molecule has 2 atom stereocenters. The smallest absolute Gasteiger partial charge is 0.333 e. The number of rotatable bonds is 6. The summed E-state index contributed by atoms with van der Waals surface area (Å²) in [7, 11) is 1.46. The third-order valence-electron chi connectivity index (χ3n) is 6.80. The molecule has 0 aromatic carbocycles. The average Bonchev–Trinajstić information content (AvgIpc) is 3.65. The minimum Gasteiger partial charge on any atom is -0.494 e. The summed E-state index contributed by atoms with van der Waals surface area (Å²) in [6, 6.07) is 5.89. The Kier molecular flexibility index (Phi) is 5.74. The van der Waals surface area contributed by atoms with Crippen LogP contribution in [0, 0.1) is 5.95 Å². The lowest BCUT2D eigenvalue weighted by molar-refractivity contribution is -0.117. The maximum atomic E-state index is 14.1. The van der Waals surface area contributed by atoms with Crippen molar-refractivity contribution in [2.75, 3.05) is 12.4 Å². The summed E-state index contributed by atoms with van der Waals surface area (Å²) >= 11 is 0. The molecule has 1 amide bonds. The summed E-state index contributed by atoms with van der Waals surface area (Å²) in [6.45, 7) is -1.08. The van der Waals surface area contributed by atoms with Crippen LogP contribution in [0.4, 0.5) is 18.9 Å². The van der Waals surface area contributed by atoms with Crippen LogP contribution < -0.4 is 10.1 Å². The van der Waals surface area contributed by atoms with E-state index in [0.29, 0.717) is 44.6 Å². The van der Waals surface area contributed by atoms with Crippen molar-refractivity contribution in [2.24, 2.45) is 0 Å². The highest BCUT2D eigenvalue weighted by Gasteiger charge is 2.48. The topological polar surface area (TPSA) is 125 Å². The van der Waals surface area contributed by atoms with E-state index in [9.17, 15) is 18.0 Å². The highest BCUT2D eigenvalue weighted by Crippen LogP contribution is 2.49. The highest BCUT2D eigenvalue weighted by atomic mass is 19.3. The number of pyridine rings is 1. The van der Waals surface area contributed by atoms with Crippen LogP contribution in [0.3, 0.4) is 0 Å². The van der Waals surface area contributed by atoms with Crippen molar-refractivity contribution >= 4 is 17.2 Å². The number of carbonyl (C=O) groups excluding carboxylic acids is 1. The summed E-state index contributed by atoms with van der Waals surface area (Å²) in [4.78, 5) is 30.6. The van der Waals surface area contributed by atoms with E-state index in [2.05, 4.69) is 35.5 Å². The quantitative estimate of drug-likeness (QED) is 0.349. The zero-order valence-electron chi connectivity index (χ0n) is 20.6. The van der Waals surface area contributed by atoms with Crippen molar-refractivity contribution < 1.29 is 22.7 Å². The number of alkyl halides is 2. The van der Waals surface area contributed by atoms with Crippen molar-refractivity contribution in [3.8, 4) is 17.3 Å². The number of fused-ring (bicyclic) bond motifs is 3. The Hall–Kier alpha value is -4.88. The number of methoxy groups -OCH3 is 1. The van der Waals surface area contributed by atoms with Crippen LogP contribution in [0.2, 0.25) is 0 Å². The van der Waals surface area contributed by atoms with Gasteiger partial charge in [-0.05, 0) is 25.5 Å². The normalized spacial score (nSPS) is 18.5. The van der Waals surface area contributed by atoms with Gasteiger partial charge in [0.05, 0.1) is 41.7 Å². The monoisotopic (exact) mass is 535 g/mol. The summed E-state index contributed by atoms with van der Waals surface area (Å²) in [5.74, 6) is -1.24. The van der Waals surface area contributed by atoms with E-state index in [1.54, 1.807) is 31.5 Å². The summed E-state index contributed by atoms with van der Waals surface area (Å²) < 4.78 is 48.1. The number of nitrogens with one attached hydrogen (secondary N) is 1. The first-order valence-electron chi connectivity index (χ1n) is 11.8. The Bertz CT molecular complexity index is 1710. The van der Waals surface area contributed by atoms with E-state index in [-0.39, 0.29) is 12.1 Å². The lowest BCUT2D eigenvalue weighted by atomic mass is 9.82. The highest BCUT2D eigenvalue weighted by molar-refractivity contribution is 5.97. The second-order valence-corrected chi connectivity index (χ2v) is 9.18. The van der Waals surface area contributed by atoms with Gasteiger partial charge in [0.25, 0.3) is 0 Å². The van der Waals surface area contributed by atoms with Crippen molar-refractivity contribution in [2.45, 2.75) is 31.2 Å². The minimum atomic E-state index is -2.84. The molecule has 0 saturated heterocycles. The number of amides is 1. The molecule has 0 radical (unpaired) electrons. The molecule has 0 unspecified atom stereocenters. The van der Waals surface area contributed by atoms with Gasteiger partial charge in [-0.1, -0.05) is 0 Å². The fourth-order valence-corrected chi connectivity index (χ4v) is 5.03. The number of anilines is 1. The van der Waals surface area contributed by atoms with Crippen molar-refractivity contribution in [1.82, 2.24) is 39.3 Å².